The van der Waals surface area contributed by atoms with Crippen molar-refractivity contribution in [1.82, 2.24) is 0 Å². The van der Waals surface area contributed by atoms with Crippen molar-refractivity contribution >= 4 is 11.2 Å². The highest BCUT2D eigenvalue weighted by Gasteiger charge is 2.04. The Kier molecular flexibility index (Phi) is 3.63. The molecule has 0 aromatic heterocycles. The van der Waals surface area contributed by atoms with Crippen LogP contribution < -0.4 is 0 Å². The average Bonchev–Trinajstić information content (AvgIpc) is 1.97. The number of hydrogen-bond donors (Lipinski definition) is 0. The number of hydrogen-bond acceptors (Lipinski definition) is 1. The minimum absolute atomic E-state index is 0.839. The minimum Gasteiger partial charge on any atom is -0.612 e. The van der Waals surface area contributed by atoms with Crippen LogP contribution in [0.15, 0.2) is 34.8 Å². The second kappa shape index (κ2) is 4.53. The third-order valence-electron chi connectivity index (χ3n) is 1.82. The molecule has 0 aromatic carbocycles. The Labute approximate surface area is 77.0 Å². The highest BCUT2D eigenvalue weighted by Crippen LogP contribution is 2.14. The summed E-state index contributed by atoms with van der Waals surface area (Å²) in [4.78, 5) is 0.947. The Morgan fingerprint density at radius 1 is 1.25 bits per heavy atom. The van der Waals surface area contributed by atoms with Crippen molar-refractivity contribution in [2.75, 3.05) is 6.26 Å². The maximum atomic E-state index is 11.1. The van der Waals surface area contributed by atoms with Gasteiger partial charge in [0.05, 0.1) is 0 Å². The SMILES string of the molecule is CC1=C/CC/C=C([S+](C)[O-])/C=C\1. The average molecular weight is 182 g/mol. The minimum atomic E-state index is -0.839. The van der Waals surface area contributed by atoms with E-state index >= 15 is 0 Å². The molecule has 0 heterocycles. The second-order valence-electron chi connectivity index (χ2n) is 2.92. The summed E-state index contributed by atoms with van der Waals surface area (Å²) < 4.78 is 11.1. The zero-order valence-corrected chi connectivity index (χ0v) is 8.36. The van der Waals surface area contributed by atoms with Crippen LogP contribution in [-0.2, 0) is 11.2 Å². The molecule has 1 aliphatic carbocycles. The van der Waals surface area contributed by atoms with Gasteiger partial charge in [0.2, 0.25) is 0 Å². The molecule has 0 saturated heterocycles. The zero-order valence-electron chi connectivity index (χ0n) is 7.54. The first-order valence-electron chi connectivity index (χ1n) is 4.08. The van der Waals surface area contributed by atoms with Crippen LogP contribution in [0.3, 0.4) is 0 Å². The van der Waals surface area contributed by atoms with Gasteiger partial charge in [-0.1, -0.05) is 17.7 Å². The summed E-state index contributed by atoms with van der Waals surface area (Å²) in [6.07, 6.45) is 12.0. The summed E-state index contributed by atoms with van der Waals surface area (Å²) in [7, 11) is 0. The molecule has 0 saturated carbocycles. The van der Waals surface area contributed by atoms with Gasteiger partial charge in [-0.2, -0.15) is 0 Å². The van der Waals surface area contributed by atoms with Gasteiger partial charge in [-0.05, 0) is 43.1 Å². The molecule has 0 N–H and O–H groups in total. The lowest BCUT2D eigenvalue weighted by Gasteiger charge is -2.06. The van der Waals surface area contributed by atoms with Gasteiger partial charge < -0.3 is 4.55 Å². The molecule has 1 aliphatic rings. The van der Waals surface area contributed by atoms with Crippen molar-refractivity contribution in [3.8, 4) is 0 Å². The molecular formula is C10H14OS. The van der Waals surface area contributed by atoms with E-state index in [2.05, 4.69) is 19.1 Å². The van der Waals surface area contributed by atoms with E-state index in [1.54, 1.807) is 6.26 Å². The van der Waals surface area contributed by atoms with Gasteiger partial charge in [0.25, 0.3) is 0 Å². The first kappa shape index (κ1) is 9.62. The van der Waals surface area contributed by atoms with Crippen LogP contribution in [0.5, 0.6) is 0 Å². The fraction of sp³-hybridized carbons (Fsp3) is 0.400. The van der Waals surface area contributed by atoms with E-state index in [4.69, 9.17) is 0 Å². The van der Waals surface area contributed by atoms with E-state index in [1.165, 1.54) is 5.57 Å². The highest BCUT2D eigenvalue weighted by molar-refractivity contribution is 7.94. The number of rotatable bonds is 1. The quantitative estimate of drug-likeness (QED) is 0.571. The molecule has 0 spiro atoms. The van der Waals surface area contributed by atoms with Crippen molar-refractivity contribution in [2.45, 2.75) is 19.8 Å². The van der Waals surface area contributed by atoms with Gasteiger partial charge in [-0.15, -0.1) is 0 Å². The van der Waals surface area contributed by atoms with Crippen LogP contribution in [0.4, 0.5) is 0 Å². The number of allylic oxidation sites excluding steroid dienone is 5. The van der Waals surface area contributed by atoms with Gasteiger partial charge in [0.1, 0.15) is 11.2 Å². The smallest absolute Gasteiger partial charge is 0.148 e. The molecule has 1 rings (SSSR count). The summed E-state index contributed by atoms with van der Waals surface area (Å²) >= 11 is -0.839. The van der Waals surface area contributed by atoms with Gasteiger partial charge in [-0.3, -0.25) is 0 Å². The summed E-state index contributed by atoms with van der Waals surface area (Å²) in [6.45, 7) is 2.07. The fourth-order valence-electron chi connectivity index (χ4n) is 1.10. The van der Waals surface area contributed by atoms with Crippen LogP contribution in [0.1, 0.15) is 19.8 Å². The summed E-state index contributed by atoms with van der Waals surface area (Å²) in [5, 5.41) is 0. The fourth-order valence-corrected chi connectivity index (χ4v) is 1.71. The Morgan fingerprint density at radius 3 is 2.58 bits per heavy atom. The zero-order chi connectivity index (χ0) is 8.97. The topological polar surface area (TPSA) is 23.1 Å². The predicted octanol–water partition coefficient (Wildman–Crippen LogP) is 2.55. The normalized spacial score (nSPS) is 31.9. The molecule has 0 bridgehead atoms. The van der Waals surface area contributed by atoms with Crippen LogP contribution in [0.25, 0.3) is 0 Å². The molecular weight excluding hydrogens is 168 g/mol. The third kappa shape index (κ3) is 2.88. The Bertz CT molecular complexity index is 236. The van der Waals surface area contributed by atoms with Crippen LogP contribution >= 0.6 is 0 Å². The van der Waals surface area contributed by atoms with Crippen molar-refractivity contribution in [1.29, 1.82) is 0 Å². The standard InChI is InChI=1S/C10H14OS/c1-9-5-3-4-6-10(8-7-9)12(2)11/h5-8H,3-4H2,1-2H3/b8-7-,9-5-,10-6-. The molecule has 1 atom stereocenters. The molecule has 0 amide bonds. The van der Waals surface area contributed by atoms with Crippen molar-refractivity contribution in [3.63, 3.8) is 0 Å². The van der Waals surface area contributed by atoms with E-state index in [9.17, 15) is 4.55 Å². The summed E-state index contributed by atoms with van der Waals surface area (Å²) in [5.41, 5.74) is 1.26. The van der Waals surface area contributed by atoms with E-state index in [0.717, 1.165) is 17.7 Å². The molecule has 0 fully saturated rings. The van der Waals surface area contributed by atoms with Crippen LogP contribution in [-0.4, -0.2) is 10.8 Å². The Hall–Kier alpha value is -0.470. The molecule has 2 heteroatoms. The monoisotopic (exact) mass is 182 g/mol. The molecule has 1 nitrogen and oxygen atoms in total. The summed E-state index contributed by atoms with van der Waals surface area (Å²) in [5.74, 6) is 0. The lowest BCUT2D eigenvalue weighted by Crippen LogP contribution is -1.99. The van der Waals surface area contributed by atoms with E-state index in [0.29, 0.717) is 0 Å². The first-order valence-corrected chi connectivity index (χ1v) is 5.64. The van der Waals surface area contributed by atoms with Gasteiger partial charge in [0, 0.05) is 0 Å². The van der Waals surface area contributed by atoms with Crippen molar-refractivity contribution < 1.29 is 4.55 Å². The van der Waals surface area contributed by atoms with E-state index in [-0.39, 0.29) is 0 Å². The second-order valence-corrected chi connectivity index (χ2v) is 4.30. The molecule has 0 aliphatic heterocycles. The summed E-state index contributed by atoms with van der Waals surface area (Å²) in [6, 6.07) is 0. The molecule has 0 aromatic rings. The largest absolute Gasteiger partial charge is 0.612 e. The van der Waals surface area contributed by atoms with E-state index < -0.39 is 11.2 Å². The first-order chi connectivity index (χ1) is 5.70. The predicted molar refractivity (Wildman–Crippen MR) is 54.3 cm³/mol. The maximum Gasteiger partial charge on any atom is 0.148 e. The maximum absolute atomic E-state index is 11.1. The Balaban J connectivity index is 2.77. The van der Waals surface area contributed by atoms with Gasteiger partial charge >= 0.3 is 0 Å². The lowest BCUT2D eigenvalue weighted by molar-refractivity contribution is 0.607. The van der Waals surface area contributed by atoms with Crippen molar-refractivity contribution in [3.05, 3.63) is 34.8 Å². The molecule has 12 heavy (non-hydrogen) atoms. The molecule has 66 valence electrons. The van der Waals surface area contributed by atoms with Gasteiger partial charge in [0.15, 0.2) is 0 Å². The Morgan fingerprint density at radius 2 is 1.92 bits per heavy atom. The van der Waals surface area contributed by atoms with Crippen molar-refractivity contribution in [2.24, 2.45) is 0 Å². The van der Waals surface area contributed by atoms with Crippen LogP contribution in [0, 0.1) is 0 Å². The highest BCUT2D eigenvalue weighted by atomic mass is 32.2. The van der Waals surface area contributed by atoms with Crippen LogP contribution in [0.2, 0.25) is 0 Å². The lowest BCUT2D eigenvalue weighted by atomic mass is 10.1. The van der Waals surface area contributed by atoms with E-state index in [1.807, 2.05) is 12.2 Å². The van der Waals surface area contributed by atoms with Gasteiger partial charge in [-0.25, -0.2) is 0 Å². The molecule has 1 unspecified atom stereocenters. The third-order valence-corrected chi connectivity index (χ3v) is 2.79. The molecule has 0 radical (unpaired) electrons.